The fourth-order valence-electron chi connectivity index (χ4n) is 4.90. The lowest BCUT2D eigenvalue weighted by molar-refractivity contribution is -1.04. The summed E-state index contributed by atoms with van der Waals surface area (Å²) < 4.78 is 0. The van der Waals surface area contributed by atoms with Crippen molar-refractivity contribution in [3.8, 4) is 0 Å². The summed E-state index contributed by atoms with van der Waals surface area (Å²) in [7, 11) is 0. The van der Waals surface area contributed by atoms with Crippen molar-refractivity contribution >= 4 is 11.6 Å². The maximum atomic E-state index is 6.00. The molecule has 0 aromatic heterocycles. The van der Waals surface area contributed by atoms with Gasteiger partial charge in [0.1, 0.15) is 39.3 Å². The maximum absolute atomic E-state index is 6.00. The van der Waals surface area contributed by atoms with Crippen molar-refractivity contribution in [2.45, 2.75) is 32.0 Å². The highest BCUT2D eigenvalue weighted by molar-refractivity contribution is 6.30. The quantitative estimate of drug-likeness (QED) is 0.634. The number of piperidine rings is 1. The molecule has 2 fully saturated rings. The van der Waals surface area contributed by atoms with Gasteiger partial charge in [-0.15, -0.1) is 0 Å². The second-order valence-electron chi connectivity index (χ2n) is 8.40. The summed E-state index contributed by atoms with van der Waals surface area (Å²) in [6.07, 6.45) is 2.79. The fraction of sp³-hybridized carbons (Fsp3) is 0.478. The minimum Gasteiger partial charge on any atom is -0.331 e. The SMILES string of the molecule is Clc1ccc(C[NH+]2CC[NH+](C3CC[NH+](Cc4ccccc4)CC3)CC2)cc1. The van der Waals surface area contributed by atoms with E-state index in [4.69, 9.17) is 11.6 Å². The van der Waals surface area contributed by atoms with Crippen LogP contribution in [0.3, 0.4) is 0 Å². The molecular weight excluding hydrogens is 354 g/mol. The van der Waals surface area contributed by atoms with Gasteiger partial charge in [0, 0.05) is 29.0 Å². The minimum absolute atomic E-state index is 0.837. The first kappa shape index (κ1) is 18.9. The molecule has 4 heteroatoms. The zero-order valence-electron chi connectivity index (χ0n) is 16.2. The first-order valence-corrected chi connectivity index (χ1v) is 10.9. The van der Waals surface area contributed by atoms with Gasteiger partial charge >= 0.3 is 0 Å². The lowest BCUT2D eigenvalue weighted by Crippen LogP contribution is -3.30. The van der Waals surface area contributed by atoms with Crippen LogP contribution in [0.5, 0.6) is 0 Å². The summed E-state index contributed by atoms with van der Waals surface area (Å²) >= 11 is 6.00. The van der Waals surface area contributed by atoms with Crippen molar-refractivity contribution in [2.24, 2.45) is 0 Å². The van der Waals surface area contributed by atoms with Crippen molar-refractivity contribution in [1.29, 1.82) is 0 Å². The zero-order chi connectivity index (χ0) is 18.5. The molecule has 2 saturated heterocycles. The number of hydrogen-bond donors (Lipinski definition) is 3. The zero-order valence-corrected chi connectivity index (χ0v) is 17.0. The van der Waals surface area contributed by atoms with E-state index in [-0.39, 0.29) is 0 Å². The molecule has 0 saturated carbocycles. The smallest absolute Gasteiger partial charge is 0.127 e. The molecule has 0 radical (unpaired) electrons. The molecule has 2 aliphatic heterocycles. The second-order valence-corrected chi connectivity index (χ2v) is 8.83. The molecule has 0 amide bonds. The van der Waals surface area contributed by atoms with E-state index in [1.807, 2.05) is 17.0 Å². The van der Waals surface area contributed by atoms with Gasteiger partial charge < -0.3 is 14.7 Å². The van der Waals surface area contributed by atoms with Crippen LogP contribution in [0.15, 0.2) is 54.6 Å². The van der Waals surface area contributed by atoms with Crippen LogP contribution in [0.25, 0.3) is 0 Å². The lowest BCUT2D eigenvalue weighted by Gasteiger charge is -2.37. The van der Waals surface area contributed by atoms with E-state index in [1.54, 1.807) is 9.80 Å². The summed E-state index contributed by atoms with van der Waals surface area (Å²) in [5, 5.41) is 0.837. The lowest BCUT2D eigenvalue weighted by atomic mass is 10.0. The van der Waals surface area contributed by atoms with Crippen LogP contribution in [0.1, 0.15) is 24.0 Å². The Bertz CT molecular complexity index is 687. The molecule has 27 heavy (non-hydrogen) atoms. The Kier molecular flexibility index (Phi) is 6.46. The molecule has 2 aromatic carbocycles. The molecule has 2 aromatic rings. The Morgan fingerprint density at radius 1 is 0.667 bits per heavy atom. The Labute approximate surface area is 168 Å². The molecule has 3 N–H and O–H groups in total. The van der Waals surface area contributed by atoms with Crippen LogP contribution in [-0.2, 0) is 13.1 Å². The van der Waals surface area contributed by atoms with Crippen molar-refractivity contribution in [3.05, 3.63) is 70.7 Å². The summed E-state index contributed by atoms with van der Waals surface area (Å²) in [6.45, 7) is 10.3. The van der Waals surface area contributed by atoms with Gasteiger partial charge in [-0.25, -0.2) is 0 Å². The van der Waals surface area contributed by atoms with E-state index < -0.39 is 0 Å². The Hall–Kier alpha value is -1.39. The van der Waals surface area contributed by atoms with Gasteiger partial charge in [0.15, 0.2) is 0 Å². The van der Waals surface area contributed by atoms with E-state index in [1.165, 1.54) is 69.8 Å². The van der Waals surface area contributed by atoms with Gasteiger partial charge in [0.25, 0.3) is 0 Å². The van der Waals surface area contributed by atoms with Gasteiger partial charge in [0.2, 0.25) is 0 Å². The molecule has 0 spiro atoms. The topological polar surface area (TPSA) is 13.3 Å². The van der Waals surface area contributed by atoms with E-state index in [9.17, 15) is 0 Å². The van der Waals surface area contributed by atoms with Crippen LogP contribution in [0.4, 0.5) is 0 Å². The predicted octanol–water partition coefficient (Wildman–Crippen LogP) is -0.129. The van der Waals surface area contributed by atoms with Crippen molar-refractivity contribution in [3.63, 3.8) is 0 Å². The van der Waals surface area contributed by atoms with Crippen molar-refractivity contribution < 1.29 is 14.7 Å². The van der Waals surface area contributed by atoms with E-state index in [0.717, 1.165) is 17.6 Å². The first-order valence-electron chi connectivity index (χ1n) is 10.6. The van der Waals surface area contributed by atoms with Crippen LogP contribution < -0.4 is 14.7 Å². The number of rotatable bonds is 5. The van der Waals surface area contributed by atoms with E-state index in [2.05, 4.69) is 42.5 Å². The molecule has 0 atom stereocenters. The summed E-state index contributed by atoms with van der Waals surface area (Å²) in [5.74, 6) is 0. The highest BCUT2D eigenvalue weighted by Crippen LogP contribution is 2.08. The Morgan fingerprint density at radius 2 is 1.22 bits per heavy atom. The monoisotopic (exact) mass is 386 g/mol. The van der Waals surface area contributed by atoms with Crippen LogP contribution in [0, 0.1) is 0 Å². The number of hydrogen-bond acceptors (Lipinski definition) is 0. The van der Waals surface area contributed by atoms with Crippen LogP contribution in [0.2, 0.25) is 5.02 Å². The minimum atomic E-state index is 0.837. The molecule has 2 aliphatic rings. The molecule has 4 rings (SSSR count). The first-order chi connectivity index (χ1) is 13.3. The summed E-state index contributed by atoms with van der Waals surface area (Å²) in [6, 6.07) is 20.3. The largest absolute Gasteiger partial charge is 0.331 e. The normalized spacial score (nSPS) is 28.8. The van der Waals surface area contributed by atoms with Gasteiger partial charge in [-0.2, -0.15) is 0 Å². The van der Waals surface area contributed by atoms with Crippen molar-refractivity contribution in [2.75, 3.05) is 39.3 Å². The highest BCUT2D eigenvalue weighted by Gasteiger charge is 2.33. The van der Waals surface area contributed by atoms with Gasteiger partial charge in [0.05, 0.1) is 19.1 Å². The molecule has 2 heterocycles. The van der Waals surface area contributed by atoms with Crippen molar-refractivity contribution in [1.82, 2.24) is 0 Å². The molecule has 0 unspecified atom stereocenters. The molecule has 0 bridgehead atoms. The summed E-state index contributed by atoms with van der Waals surface area (Å²) in [5.41, 5.74) is 2.90. The van der Waals surface area contributed by atoms with Crippen LogP contribution in [-0.4, -0.2) is 45.3 Å². The number of nitrogens with one attached hydrogen (secondary N) is 3. The molecule has 144 valence electrons. The fourth-order valence-corrected chi connectivity index (χ4v) is 5.02. The second kappa shape index (κ2) is 9.20. The third-order valence-corrected chi connectivity index (χ3v) is 6.79. The average Bonchev–Trinajstić information content (AvgIpc) is 2.72. The standard InChI is InChI=1S/C23H30ClN3/c24-22-8-6-21(7-9-22)19-26-14-16-27(17-15-26)23-10-12-25(13-11-23)18-20-4-2-1-3-5-20/h1-9,23H,10-19H2/p+3. The predicted molar refractivity (Wildman–Crippen MR) is 110 cm³/mol. The number of benzene rings is 2. The van der Waals surface area contributed by atoms with Gasteiger partial charge in [-0.3, -0.25) is 0 Å². The Morgan fingerprint density at radius 3 is 1.85 bits per heavy atom. The third-order valence-electron chi connectivity index (χ3n) is 6.53. The third kappa shape index (κ3) is 5.32. The average molecular weight is 387 g/mol. The maximum Gasteiger partial charge on any atom is 0.127 e. The van der Waals surface area contributed by atoms with Gasteiger partial charge in [-0.1, -0.05) is 54.1 Å². The molecule has 0 aliphatic carbocycles. The van der Waals surface area contributed by atoms with Crippen LogP contribution >= 0.6 is 11.6 Å². The number of quaternary nitrogens is 3. The number of piperazine rings is 1. The molecular formula is C23H33ClN3+3. The molecule has 3 nitrogen and oxygen atoms in total. The summed E-state index contributed by atoms with van der Waals surface area (Å²) in [4.78, 5) is 5.37. The highest BCUT2D eigenvalue weighted by atomic mass is 35.5. The van der Waals surface area contributed by atoms with E-state index >= 15 is 0 Å². The number of likely N-dealkylation sites (tertiary alicyclic amines) is 1. The van der Waals surface area contributed by atoms with E-state index in [0.29, 0.717) is 0 Å². The number of halogens is 1. The van der Waals surface area contributed by atoms with Gasteiger partial charge in [-0.05, 0) is 12.1 Å². The Balaban J connectivity index is 1.20.